The van der Waals surface area contributed by atoms with Crippen LogP contribution in [0.3, 0.4) is 0 Å². The fraction of sp³-hybridized carbons (Fsp3) is 0.583. The third-order valence-corrected chi connectivity index (χ3v) is 2.79. The van der Waals surface area contributed by atoms with E-state index in [2.05, 4.69) is 10.4 Å². The lowest BCUT2D eigenvalue weighted by Crippen LogP contribution is -2.42. The minimum Gasteiger partial charge on any atom is -0.480 e. The highest BCUT2D eigenvalue weighted by molar-refractivity contribution is 5.98. The molecule has 0 aliphatic rings. The molecule has 1 atom stereocenters. The highest BCUT2D eigenvalue weighted by Crippen LogP contribution is 2.17. The van der Waals surface area contributed by atoms with Crippen molar-refractivity contribution in [2.24, 2.45) is 5.92 Å². The van der Waals surface area contributed by atoms with E-state index in [4.69, 9.17) is 5.11 Å². The van der Waals surface area contributed by atoms with Crippen molar-refractivity contribution in [3.8, 4) is 0 Å². The molecule has 0 unspecified atom stereocenters. The number of hydrogen-bond acceptors (Lipinski definition) is 5. The molecule has 0 aliphatic carbocycles. The van der Waals surface area contributed by atoms with Crippen molar-refractivity contribution in [3.63, 3.8) is 0 Å². The number of aromatic nitrogens is 2. The van der Waals surface area contributed by atoms with Crippen molar-refractivity contribution >= 4 is 17.6 Å². The molecule has 0 aliphatic heterocycles. The molecule has 0 saturated carbocycles. The van der Waals surface area contributed by atoms with E-state index in [1.54, 1.807) is 6.92 Å². The van der Waals surface area contributed by atoms with Gasteiger partial charge < -0.3 is 10.4 Å². The Hall–Kier alpha value is -2.45. The van der Waals surface area contributed by atoms with Gasteiger partial charge in [0.2, 0.25) is 5.69 Å². The first-order valence-corrected chi connectivity index (χ1v) is 6.51. The van der Waals surface area contributed by atoms with E-state index in [0.717, 1.165) is 6.20 Å². The van der Waals surface area contributed by atoms with Gasteiger partial charge in [0, 0.05) is 6.54 Å². The minimum absolute atomic E-state index is 0.0505. The zero-order valence-electron chi connectivity index (χ0n) is 12.1. The fourth-order valence-corrected chi connectivity index (χ4v) is 1.79. The summed E-state index contributed by atoms with van der Waals surface area (Å²) in [7, 11) is 0. The van der Waals surface area contributed by atoms with Crippen molar-refractivity contribution in [1.29, 1.82) is 0 Å². The van der Waals surface area contributed by atoms with Gasteiger partial charge in [0.25, 0.3) is 5.91 Å². The van der Waals surface area contributed by atoms with Crippen molar-refractivity contribution < 1.29 is 19.6 Å². The van der Waals surface area contributed by atoms with Crippen LogP contribution in [0.2, 0.25) is 0 Å². The van der Waals surface area contributed by atoms with Gasteiger partial charge in [-0.05, 0) is 19.3 Å². The molecule has 2 N–H and O–H groups in total. The van der Waals surface area contributed by atoms with Gasteiger partial charge in [-0.2, -0.15) is 5.10 Å². The quantitative estimate of drug-likeness (QED) is 0.572. The standard InChI is InChI=1S/C12H18N4O5/c1-4-15-6-9(16(20)21)10(14-15)11(17)13-8(12(18)19)5-7(2)3/h6-8H,4-5H2,1-3H3,(H,13,17)(H,18,19)/t8-/m0/s1. The Labute approximate surface area is 121 Å². The summed E-state index contributed by atoms with van der Waals surface area (Å²) in [6, 6.07) is -1.11. The highest BCUT2D eigenvalue weighted by Gasteiger charge is 2.29. The zero-order chi connectivity index (χ0) is 16.2. The van der Waals surface area contributed by atoms with E-state index in [-0.39, 0.29) is 18.0 Å². The van der Waals surface area contributed by atoms with Crippen molar-refractivity contribution in [2.75, 3.05) is 0 Å². The molecule has 1 aromatic heterocycles. The van der Waals surface area contributed by atoms with Crippen LogP contribution in [0, 0.1) is 16.0 Å². The van der Waals surface area contributed by atoms with Crippen LogP contribution in [0.5, 0.6) is 0 Å². The van der Waals surface area contributed by atoms with Crippen LogP contribution in [0.25, 0.3) is 0 Å². The lowest BCUT2D eigenvalue weighted by Gasteiger charge is -2.15. The number of rotatable bonds is 7. The average Bonchev–Trinajstić information content (AvgIpc) is 2.81. The van der Waals surface area contributed by atoms with Gasteiger partial charge in [0.15, 0.2) is 0 Å². The third kappa shape index (κ3) is 4.26. The van der Waals surface area contributed by atoms with Gasteiger partial charge in [0.05, 0.1) is 4.92 Å². The molecule has 0 radical (unpaired) electrons. The van der Waals surface area contributed by atoms with Crippen LogP contribution in [0.4, 0.5) is 5.69 Å². The molecular formula is C12H18N4O5. The molecule has 21 heavy (non-hydrogen) atoms. The Balaban J connectivity index is 2.99. The molecule has 1 amide bonds. The van der Waals surface area contributed by atoms with E-state index in [0.29, 0.717) is 6.54 Å². The number of nitro groups is 1. The number of hydrogen-bond donors (Lipinski definition) is 2. The lowest BCUT2D eigenvalue weighted by molar-refractivity contribution is -0.385. The van der Waals surface area contributed by atoms with E-state index in [1.807, 2.05) is 13.8 Å². The van der Waals surface area contributed by atoms with Crippen LogP contribution < -0.4 is 5.32 Å². The Morgan fingerprint density at radius 2 is 2.14 bits per heavy atom. The Bertz CT molecular complexity index is 552. The molecule has 1 rings (SSSR count). The van der Waals surface area contributed by atoms with Crippen LogP contribution in [0.1, 0.15) is 37.7 Å². The third-order valence-electron chi connectivity index (χ3n) is 2.79. The molecule has 0 spiro atoms. The first-order chi connectivity index (χ1) is 9.76. The van der Waals surface area contributed by atoms with Crippen LogP contribution >= 0.6 is 0 Å². The number of carboxylic acids is 1. The number of carbonyl (C=O) groups is 2. The maximum Gasteiger partial charge on any atom is 0.326 e. The monoisotopic (exact) mass is 298 g/mol. The Kier molecular flexibility index (Phi) is 5.39. The van der Waals surface area contributed by atoms with Gasteiger partial charge in [-0.1, -0.05) is 13.8 Å². The van der Waals surface area contributed by atoms with Gasteiger partial charge >= 0.3 is 11.7 Å². The van der Waals surface area contributed by atoms with Crippen molar-refractivity contribution in [1.82, 2.24) is 15.1 Å². The predicted molar refractivity (Wildman–Crippen MR) is 72.9 cm³/mol. The number of carboxylic acid groups (broad SMARTS) is 1. The second kappa shape index (κ2) is 6.82. The number of nitrogens with one attached hydrogen (secondary N) is 1. The molecule has 9 heteroatoms. The Morgan fingerprint density at radius 1 is 1.52 bits per heavy atom. The normalized spacial score (nSPS) is 12.2. The molecule has 0 saturated heterocycles. The van der Waals surface area contributed by atoms with E-state index >= 15 is 0 Å². The van der Waals surface area contributed by atoms with Gasteiger partial charge in [-0.3, -0.25) is 19.6 Å². The number of nitrogens with zero attached hydrogens (tertiary/aromatic N) is 3. The number of aliphatic carboxylic acids is 1. The summed E-state index contributed by atoms with van der Waals surface area (Å²) in [5.41, 5.74) is -0.820. The minimum atomic E-state index is -1.19. The van der Waals surface area contributed by atoms with Crippen LogP contribution in [-0.2, 0) is 11.3 Å². The SMILES string of the molecule is CCn1cc([N+](=O)[O-])c(C(=O)N[C@@H](CC(C)C)C(=O)O)n1. The summed E-state index contributed by atoms with van der Waals surface area (Å²) >= 11 is 0. The second-order valence-electron chi connectivity index (χ2n) is 4.97. The van der Waals surface area contributed by atoms with E-state index in [9.17, 15) is 19.7 Å². The zero-order valence-corrected chi connectivity index (χ0v) is 12.1. The Morgan fingerprint density at radius 3 is 2.57 bits per heavy atom. The van der Waals surface area contributed by atoms with Gasteiger partial charge in [-0.15, -0.1) is 0 Å². The molecule has 9 nitrogen and oxygen atoms in total. The second-order valence-corrected chi connectivity index (χ2v) is 4.97. The van der Waals surface area contributed by atoms with Crippen LogP contribution in [0.15, 0.2) is 6.20 Å². The van der Waals surface area contributed by atoms with E-state index < -0.39 is 28.5 Å². The summed E-state index contributed by atoms with van der Waals surface area (Å²) in [4.78, 5) is 33.3. The number of amides is 1. The topological polar surface area (TPSA) is 127 Å². The van der Waals surface area contributed by atoms with Crippen LogP contribution in [-0.4, -0.2) is 37.7 Å². The molecule has 0 bridgehead atoms. The summed E-state index contributed by atoms with van der Waals surface area (Å²) in [6.45, 7) is 5.71. The summed E-state index contributed by atoms with van der Waals surface area (Å²) in [6.07, 6.45) is 1.37. The fourth-order valence-electron chi connectivity index (χ4n) is 1.79. The summed E-state index contributed by atoms with van der Waals surface area (Å²) in [5.74, 6) is -1.99. The molecular weight excluding hydrogens is 280 g/mol. The molecule has 116 valence electrons. The van der Waals surface area contributed by atoms with Gasteiger partial charge in [-0.25, -0.2) is 4.79 Å². The maximum absolute atomic E-state index is 12.0. The predicted octanol–water partition coefficient (Wildman–Crippen LogP) is 1.04. The molecule has 1 aromatic rings. The highest BCUT2D eigenvalue weighted by atomic mass is 16.6. The smallest absolute Gasteiger partial charge is 0.326 e. The summed E-state index contributed by atoms with van der Waals surface area (Å²) in [5, 5.41) is 26.1. The average molecular weight is 298 g/mol. The lowest BCUT2D eigenvalue weighted by atomic mass is 10.0. The summed E-state index contributed by atoms with van der Waals surface area (Å²) < 4.78 is 1.26. The first-order valence-electron chi connectivity index (χ1n) is 6.51. The molecule has 0 fully saturated rings. The molecule has 0 aromatic carbocycles. The van der Waals surface area contributed by atoms with E-state index in [1.165, 1.54) is 4.68 Å². The van der Waals surface area contributed by atoms with Gasteiger partial charge in [0.1, 0.15) is 12.2 Å². The van der Waals surface area contributed by atoms with Crippen molar-refractivity contribution in [2.45, 2.75) is 39.8 Å². The molecule has 1 heterocycles. The largest absolute Gasteiger partial charge is 0.480 e. The first kappa shape index (κ1) is 16.6. The number of aryl methyl sites for hydroxylation is 1. The maximum atomic E-state index is 12.0. The van der Waals surface area contributed by atoms with Crippen molar-refractivity contribution in [3.05, 3.63) is 22.0 Å². The number of carbonyl (C=O) groups excluding carboxylic acids is 1.